The number of aliphatic carboxylic acids is 1. The first-order chi connectivity index (χ1) is 40.2. The van der Waals surface area contributed by atoms with Gasteiger partial charge in [0.05, 0.1) is 71.4 Å². The second kappa shape index (κ2) is 30.8. The summed E-state index contributed by atoms with van der Waals surface area (Å²) in [6.45, 7) is 2.42. The van der Waals surface area contributed by atoms with Gasteiger partial charge in [0.2, 0.25) is 29.5 Å². The molecule has 6 aromatic rings. The maximum Gasteiger partial charge on any atom is 0.416 e. The molecule has 0 aliphatic carbocycles. The first-order valence-electron chi connectivity index (χ1n) is 22.9. The molecule has 0 spiro atoms. The zero-order chi connectivity index (χ0) is 66.0. The van der Waals surface area contributed by atoms with Crippen LogP contribution in [-0.2, 0) is 51.8 Å². The standard InChI is InChI=1S/C15H16F3N5O4S.C14H17N5O7S2.C10H5Cl2F3N4O2.C3H8NO5P/c1-9-19-12(22-14(20-9)27-2)21-13(24)23-28(25,26)11-6-4-3-5-10(11)7-8-15(16,17)18;1-4-27(21,22)9-6-5-7-15-12(9)28(23,24)19-14(20)18-13-16-10(25-2)8-11(17-13)26-3;11-5-1-4(10(13,14)15)2-6(12)8(5)18-9(16)7(3-17-18)19(20)21;5-3(6)1-4-2-10(7,8)9/h3-6H,7-8H2,1-2H3,(H2,19,20,21,22,23,24);5-8H,4H2,1-3H3,(H2,16,17,18,19,20);1-3H,16H2;4H,1-2H2,(H,5,6)(H2,7,8,9). The third kappa shape index (κ3) is 23.1. The van der Waals surface area contributed by atoms with Crippen LogP contribution in [0.15, 0.2) is 81.8 Å². The predicted octanol–water partition coefficient (Wildman–Crippen LogP) is 4.87. The molecule has 45 heteroatoms. The molecule has 0 unspecified atom stereocenters. The SMILES string of the molecule is CCS(=O)(=O)c1cccnc1S(=O)(=O)NC(=O)Nc1nc(OC)cc(OC)n1.COc1nc(C)nc(NC(=O)NS(=O)(=O)c2ccccc2CCC(F)(F)F)n1.Nc1c([N+](=O)[O-])cnn1-c1c(Cl)cc(C(F)(F)F)cc1Cl.O=C(O)CNCP(=O)(O)O. The van der Waals surface area contributed by atoms with Crippen LogP contribution in [-0.4, -0.2) is 149 Å². The number of carbonyl (C=O) groups is 3. The van der Waals surface area contributed by atoms with Crippen molar-refractivity contribution in [2.24, 2.45) is 0 Å². The van der Waals surface area contributed by atoms with Crippen LogP contribution in [0.1, 0.15) is 30.3 Å². The molecule has 4 heterocycles. The third-order valence-electron chi connectivity index (χ3n) is 9.69. The number of hydrogen-bond acceptors (Lipinski definition) is 24. The number of nitro groups is 1. The van der Waals surface area contributed by atoms with Crippen LogP contribution in [0.2, 0.25) is 10.0 Å². The largest absolute Gasteiger partial charge is 0.481 e. The highest BCUT2D eigenvalue weighted by Crippen LogP contribution is 2.39. The van der Waals surface area contributed by atoms with Crippen molar-refractivity contribution in [1.82, 2.24) is 54.4 Å². The molecule has 0 radical (unpaired) electrons. The number of sulfonamides is 2. The molecule has 4 aromatic heterocycles. The fourth-order valence-electron chi connectivity index (χ4n) is 6.00. The molecule has 6 rings (SSSR count). The lowest BCUT2D eigenvalue weighted by molar-refractivity contribution is -0.383. The smallest absolute Gasteiger partial charge is 0.416 e. The Labute approximate surface area is 496 Å². The maximum absolute atomic E-state index is 12.6. The van der Waals surface area contributed by atoms with Crippen LogP contribution in [0.5, 0.6) is 17.8 Å². The number of nitrogens with one attached hydrogen (secondary N) is 5. The van der Waals surface area contributed by atoms with Gasteiger partial charge in [0.15, 0.2) is 14.9 Å². The molecule has 0 atom stereocenters. The summed E-state index contributed by atoms with van der Waals surface area (Å²) in [5.74, 6) is -2.12. The highest BCUT2D eigenvalue weighted by atomic mass is 35.5. The lowest BCUT2D eigenvalue weighted by Crippen LogP contribution is -2.36. The minimum atomic E-state index is -4.63. The average Bonchev–Trinajstić information content (AvgIpc) is 3.20. The number of nitrogens with zero attached hydrogens (tertiary/aromatic N) is 9. The molecule has 10 N–H and O–H groups in total. The number of hydrogen-bond donors (Lipinski definition) is 9. The monoisotopic (exact) mass is 1360 g/mol. The summed E-state index contributed by atoms with van der Waals surface area (Å²) in [5, 5.41) is 27.0. The number of amides is 4. The van der Waals surface area contributed by atoms with Crippen LogP contribution >= 0.6 is 30.8 Å². The number of carboxylic acids is 1. The van der Waals surface area contributed by atoms with E-state index in [1.54, 1.807) is 9.44 Å². The van der Waals surface area contributed by atoms with Gasteiger partial charge < -0.3 is 34.8 Å². The van der Waals surface area contributed by atoms with E-state index in [0.717, 1.165) is 29.2 Å². The molecular weight excluding hydrogens is 1310 g/mol. The van der Waals surface area contributed by atoms with E-state index >= 15 is 0 Å². The summed E-state index contributed by atoms with van der Waals surface area (Å²) in [6, 6.07) is 7.56. The van der Waals surface area contributed by atoms with Gasteiger partial charge in [-0.1, -0.05) is 48.3 Å². The molecule has 0 saturated heterocycles. The summed E-state index contributed by atoms with van der Waals surface area (Å²) >= 11 is 11.5. The Morgan fingerprint density at radius 2 is 1.34 bits per heavy atom. The van der Waals surface area contributed by atoms with E-state index in [4.69, 9.17) is 58.0 Å². The van der Waals surface area contributed by atoms with E-state index < -0.39 is 130 Å². The van der Waals surface area contributed by atoms with Gasteiger partial charge >= 0.3 is 49.7 Å². The summed E-state index contributed by atoms with van der Waals surface area (Å²) in [6.07, 6.45) is -9.48. The first-order valence-corrected chi connectivity index (χ1v) is 30.1. The van der Waals surface area contributed by atoms with Gasteiger partial charge in [0, 0.05) is 12.6 Å². The normalized spacial score (nSPS) is 11.6. The fourth-order valence-corrected chi connectivity index (χ4v) is 10.8. The molecule has 2 aromatic carbocycles. The molecule has 4 amide bonds. The number of ether oxygens (including phenoxy) is 3. The topological polar surface area (TPSA) is 484 Å². The molecule has 87 heavy (non-hydrogen) atoms. The number of rotatable bonds is 19. The fraction of sp³-hybridized carbons (Fsp3) is 0.286. The van der Waals surface area contributed by atoms with Crippen LogP contribution in [0.25, 0.3) is 5.69 Å². The van der Waals surface area contributed by atoms with Gasteiger partial charge in [-0.3, -0.25) is 35.4 Å². The Morgan fingerprint density at radius 3 is 1.83 bits per heavy atom. The molecule has 0 bridgehead atoms. The van der Waals surface area contributed by atoms with E-state index in [-0.39, 0.29) is 62.5 Å². The van der Waals surface area contributed by atoms with Crippen LogP contribution < -0.4 is 45.3 Å². The Bertz CT molecular complexity index is 3830. The summed E-state index contributed by atoms with van der Waals surface area (Å²) < 4.78 is 178. The van der Waals surface area contributed by atoms with Crippen molar-refractivity contribution in [3.63, 3.8) is 0 Å². The summed E-state index contributed by atoms with van der Waals surface area (Å²) in [5.41, 5.74) is 3.71. The van der Waals surface area contributed by atoms with Crippen molar-refractivity contribution >= 4 is 102 Å². The molecular formula is C42H46Cl2F6N15O18PS3. The zero-order valence-corrected chi connectivity index (χ0v) is 49.5. The Kier molecular flexibility index (Phi) is 25.8. The van der Waals surface area contributed by atoms with E-state index in [9.17, 15) is 80.7 Å². The number of halogens is 8. The van der Waals surface area contributed by atoms with Gasteiger partial charge in [-0.05, 0) is 49.2 Å². The third-order valence-corrected chi connectivity index (χ3v) is 15.5. The van der Waals surface area contributed by atoms with Crippen molar-refractivity contribution in [2.75, 3.05) is 56.3 Å². The minimum absolute atomic E-state index is 0.0612. The van der Waals surface area contributed by atoms with E-state index in [0.29, 0.717) is 12.1 Å². The van der Waals surface area contributed by atoms with Gasteiger partial charge in [-0.2, -0.15) is 64.8 Å². The number of aryl methyl sites for hydroxylation is 2. The lowest BCUT2D eigenvalue weighted by Gasteiger charge is -2.13. The summed E-state index contributed by atoms with van der Waals surface area (Å²) in [7, 11) is -13.1. The number of pyridine rings is 1. The highest BCUT2D eigenvalue weighted by Gasteiger charge is 2.34. The van der Waals surface area contributed by atoms with E-state index in [1.165, 1.54) is 65.5 Å². The number of urea groups is 2. The maximum atomic E-state index is 12.6. The van der Waals surface area contributed by atoms with Gasteiger partial charge in [0.1, 0.15) is 22.6 Å². The van der Waals surface area contributed by atoms with Crippen molar-refractivity contribution < 1.29 is 105 Å². The van der Waals surface area contributed by atoms with Gasteiger partial charge in [0.25, 0.3) is 20.0 Å². The van der Waals surface area contributed by atoms with Gasteiger partial charge in [-0.25, -0.2) is 45.5 Å². The number of benzene rings is 2. The number of nitrogen functional groups attached to an aromatic ring is 1. The van der Waals surface area contributed by atoms with Crippen LogP contribution in [0.4, 0.5) is 59.3 Å². The first kappa shape index (κ1) is 72.9. The number of methoxy groups -OCH3 is 3. The molecule has 33 nitrogen and oxygen atoms in total. The number of nitrogens with two attached hydrogens (primary N) is 1. The number of anilines is 3. The molecule has 0 aliphatic rings. The predicted molar refractivity (Wildman–Crippen MR) is 290 cm³/mol. The number of carboxylic acid groups (broad SMARTS) is 1. The molecule has 0 aliphatic heterocycles. The van der Waals surface area contributed by atoms with E-state index in [2.05, 4.69) is 51.0 Å². The lowest BCUT2D eigenvalue weighted by atomic mass is 10.1. The molecule has 476 valence electrons. The van der Waals surface area contributed by atoms with Crippen LogP contribution in [0, 0.1) is 17.0 Å². The zero-order valence-electron chi connectivity index (χ0n) is 44.6. The highest BCUT2D eigenvalue weighted by molar-refractivity contribution is 7.93. The minimum Gasteiger partial charge on any atom is -0.481 e. The average molecular weight is 1360 g/mol. The Balaban J connectivity index is 0.000000319. The summed E-state index contributed by atoms with van der Waals surface area (Å²) in [4.78, 5) is 81.8. The van der Waals surface area contributed by atoms with Crippen LogP contribution in [0.3, 0.4) is 0 Å². The van der Waals surface area contributed by atoms with Crippen molar-refractivity contribution in [3.05, 3.63) is 104 Å². The Morgan fingerprint density at radius 1 is 0.805 bits per heavy atom. The number of alkyl halides is 6. The second-order valence-corrected chi connectivity index (χ2v) is 24.0. The second-order valence-electron chi connectivity index (χ2n) is 16.0. The van der Waals surface area contributed by atoms with E-state index in [1.807, 2.05) is 0 Å². The number of sulfone groups is 1. The number of carbonyl (C=O) groups excluding carboxylic acids is 2. The van der Waals surface area contributed by atoms with Gasteiger partial charge in [-0.15, -0.1) is 0 Å². The molecule has 0 saturated carbocycles. The Hall–Kier alpha value is -8.38. The van der Waals surface area contributed by atoms with Crippen molar-refractivity contribution in [3.8, 4) is 23.5 Å². The van der Waals surface area contributed by atoms with Crippen molar-refractivity contribution in [2.45, 2.75) is 53.9 Å². The number of aromatic nitrogens is 8. The molecule has 0 fully saturated rings. The quantitative estimate of drug-likeness (QED) is 0.0226. The van der Waals surface area contributed by atoms with Crippen molar-refractivity contribution in [1.29, 1.82) is 0 Å².